The zero-order chi connectivity index (χ0) is 21.7. The fourth-order valence-electron chi connectivity index (χ4n) is 4.63. The normalized spacial score (nSPS) is 11.9. The third-order valence-corrected chi connectivity index (χ3v) is 8.97. The highest BCUT2D eigenvalue weighted by Crippen LogP contribution is 2.47. The van der Waals surface area contributed by atoms with Gasteiger partial charge in [0.25, 0.3) is 0 Å². The van der Waals surface area contributed by atoms with Crippen LogP contribution in [0.4, 0.5) is 0 Å². The van der Waals surface area contributed by atoms with Gasteiger partial charge in [-0.2, -0.15) is 12.6 Å². The fourth-order valence-corrected chi connectivity index (χ4v) is 7.10. The Balaban J connectivity index is 1.85. The van der Waals surface area contributed by atoms with Crippen molar-refractivity contribution in [1.82, 2.24) is 0 Å². The van der Waals surface area contributed by atoms with Crippen molar-refractivity contribution >= 4 is 77.0 Å². The highest BCUT2D eigenvalue weighted by molar-refractivity contribution is 7.80. The number of thiol groups is 1. The van der Waals surface area contributed by atoms with Gasteiger partial charge in [-0.25, -0.2) is 0 Å². The molecule has 0 N–H and O–H groups in total. The number of thiophene rings is 2. The van der Waals surface area contributed by atoms with E-state index in [9.17, 15) is 0 Å². The number of fused-ring (bicyclic) bond motifs is 4. The Bertz CT molecular complexity index is 1440. The van der Waals surface area contributed by atoms with Crippen LogP contribution in [0, 0.1) is 13.8 Å². The van der Waals surface area contributed by atoms with Crippen LogP contribution in [0.5, 0.6) is 11.5 Å². The molecule has 0 aliphatic rings. The summed E-state index contributed by atoms with van der Waals surface area (Å²) in [5, 5.41) is 9.30. The number of ether oxygens (including phenoxy) is 2. The lowest BCUT2D eigenvalue weighted by atomic mass is 9.97. The Morgan fingerprint density at radius 1 is 0.774 bits per heavy atom. The summed E-state index contributed by atoms with van der Waals surface area (Å²) in [6, 6.07) is 9.14. The van der Waals surface area contributed by atoms with Gasteiger partial charge in [0.1, 0.15) is 11.5 Å². The molecule has 0 unspecified atom stereocenters. The molecule has 0 fully saturated rings. The number of rotatable bonds is 6. The van der Waals surface area contributed by atoms with Crippen LogP contribution in [-0.2, 0) is 6.42 Å². The van der Waals surface area contributed by atoms with Gasteiger partial charge in [0.2, 0.25) is 0 Å². The van der Waals surface area contributed by atoms with Crippen LogP contribution in [0.25, 0.3) is 41.7 Å². The molecule has 0 aliphatic carbocycles. The summed E-state index contributed by atoms with van der Waals surface area (Å²) in [6.07, 6.45) is 3.46. The summed E-state index contributed by atoms with van der Waals surface area (Å²) < 4.78 is 14.6. The van der Waals surface area contributed by atoms with Gasteiger partial charge < -0.3 is 9.47 Å². The van der Waals surface area contributed by atoms with E-state index in [2.05, 4.69) is 56.1 Å². The van der Waals surface area contributed by atoms with Crippen LogP contribution >= 0.6 is 35.3 Å². The maximum absolute atomic E-state index is 6.01. The molecule has 0 spiro atoms. The average molecular weight is 467 g/mol. The van der Waals surface area contributed by atoms with E-state index in [0.717, 1.165) is 51.6 Å². The van der Waals surface area contributed by atoms with Crippen molar-refractivity contribution in [3.8, 4) is 11.5 Å². The standard InChI is InChI=1S/C26H26O2S3/c1-14-13-30-23-11-20-18(9-16(14)23)25(27-3)21-12-24-17(10-19(21)26(20)28-4)15(2)22(31-24)7-5-6-8-29/h9-13,29H,5-8H2,1-4H3. The highest BCUT2D eigenvalue weighted by Gasteiger charge is 2.19. The number of hydrogen-bond acceptors (Lipinski definition) is 5. The van der Waals surface area contributed by atoms with E-state index in [-0.39, 0.29) is 0 Å². The van der Waals surface area contributed by atoms with Crippen LogP contribution in [0.15, 0.2) is 29.6 Å². The van der Waals surface area contributed by atoms with Crippen molar-refractivity contribution in [3.05, 3.63) is 45.6 Å². The summed E-state index contributed by atoms with van der Waals surface area (Å²) in [7, 11) is 3.55. The predicted octanol–water partition coefficient (Wildman–Crippen LogP) is 8.31. The monoisotopic (exact) mass is 466 g/mol. The van der Waals surface area contributed by atoms with Gasteiger partial charge in [0.15, 0.2) is 0 Å². The van der Waals surface area contributed by atoms with Crippen molar-refractivity contribution in [2.45, 2.75) is 33.1 Å². The molecule has 0 radical (unpaired) electrons. The summed E-state index contributed by atoms with van der Waals surface area (Å²) in [5.74, 6) is 2.82. The van der Waals surface area contributed by atoms with E-state index in [4.69, 9.17) is 9.47 Å². The Hall–Kier alpha value is -1.95. The van der Waals surface area contributed by atoms with E-state index in [1.807, 2.05) is 11.3 Å². The summed E-state index contributed by atoms with van der Waals surface area (Å²) >= 11 is 8.06. The minimum absolute atomic E-state index is 0.933. The SMILES string of the molecule is COc1c2cc3sc(CCCCS)c(C)c3cc2c(OC)c2cc3scc(C)c3cc12. The molecule has 5 rings (SSSR count). The smallest absolute Gasteiger partial charge is 0.134 e. The maximum atomic E-state index is 6.01. The fraction of sp³-hybridized carbons (Fsp3) is 0.308. The number of hydrogen-bond donors (Lipinski definition) is 1. The van der Waals surface area contributed by atoms with Crippen molar-refractivity contribution in [2.75, 3.05) is 20.0 Å². The molecule has 5 heteroatoms. The van der Waals surface area contributed by atoms with Gasteiger partial charge in [-0.15, -0.1) is 22.7 Å². The zero-order valence-corrected chi connectivity index (χ0v) is 20.8. The van der Waals surface area contributed by atoms with Crippen molar-refractivity contribution in [2.24, 2.45) is 0 Å². The van der Waals surface area contributed by atoms with Crippen LogP contribution in [-0.4, -0.2) is 20.0 Å². The zero-order valence-electron chi connectivity index (χ0n) is 18.3. The third-order valence-electron chi connectivity index (χ3n) is 6.28. The van der Waals surface area contributed by atoms with Gasteiger partial charge in [-0.1, -0.05) is 0 Å². The Kier molecular flexibility index (Phi) is 5.53. The third kappa shape index (κ3) is 3.29. The molecule has 3 aromatic carbocycles. The Morgan fingerprint density at radius 3 is 2.03 bits per heavy atom. The minimum Gasteiger partial charge on any atom is -0.495 e. The molecular formula is C26H26O2S3. The van der Waals surface area contributed by atoms with Gasteiger partial charge in [0.05, 0.1) is 14.2 Å². The Morgan fingerprint density at radius 2 is 1.39 bits per heavy atom. The first kappa shape index (κ1) is 20.9. The summed E-state index contributed by atoms with van der Waals surface area (Å²) in [4.78, 5) is 1.48. The minimum atomic E-state index is 0.933. The van der Waals surface area contributed by atoms with E-state index in [1.54, 1.807) is 25.6 Å². The molecule has 2 aromatic heterocycles. The second-order valence-electron chi connectivity index (χ2n) is 8.10. The van der Waals surface area contributed by atoms with Crippen LogP contribution in [0.2, 0.25) is 0 Å². The molecule has 0 saturated carbocycles. The van der Waals surface area contributed by atoms with Crippen LogP contribution < -0.4 is 9.47 Å². The van der Waals surface area contributed by atoms with Crippen LogP contribution in [0.3, 0.4) is 0 Å². The van der Waals surface area contributed by atoms with E-state index < -0.39 is 0 Å². The maximum Gasteiger partial charge on any atom is 0.134 e. The topological polar surface area (TPSA) is 18.5 Å². The number of benzene rings is 3. The highest BCUT2D eigenvalue weighted by atomic mass is 32.1. The predicted molar refractivity (Wildman–Crippen MR) is 142 cm³/mol. The van der Waals surface area contributed by atoms with E-state index >= 15 is 0 Å². The number of aryl methyl sites for hydroxylation is 3. The lowest BCUT2D eigenvalue weighted by molar-refractivity contribution is 0.418. The van der Waals surface area contributed by atoms with Gasteiger partial charge in [0, 0.05) is 35.8 Å². The molecule has 0 atom stereocenters. The number of methoxy groups -OCH3 is 2. The molecule has 0 bridgehead atoms. The molecule has 0 aliphatic heterocycles. The molecule has 2 heterocycles. The second kappa shape index (κ2) is 8.19. The molecule has 160 valence electrons. The lowest BCUT2D eigenvalue weighted by Gasteiger charge is -2.16. The Labute approximate surface area is 196 Å². The van der Waals surface area contributed by atoms with Crippen molar-refractivity contribution in [3.63, 3.8) is 0 Å². The molecule has 2 nitrogen and oxygen atoms in total. The van der Waals surface area contributed by atoms with Crippen molar-refractivity contribution < 1.29 is 9.47 Å². The van der Waals surface area contributed by atoms with Crippen LogP contribution in [0.1, 0.15) is 28.8 Å². The first-order valence-electron chi connectivity index (χ1n) is 10.6. The second-order valence-corrected chi connectivity index (χ2v) is 10.6. The van der Waals surface area contributed by atoms with Gasteiger partial charge in [-0.3, -0.25) is 0 Å². The quantitative estimate of drug-likeness (QED) is 0.154. The van der Waals surface area contributed by atoms with E-state index in [0.29, 0.717) is 0 Å². The first-order chi connectivity index (χ1) is 15.1. The first-order valence-corrected chi connectivity index (χ1v) is 12.9. The van der Waals surface area contributed by atoms with Gasteiger partial charge in [-0.05, 0) is 90.4 Å². The molecule has 0 amide bonds. The molecule has 5 aromatic rings. The molecule has 0 saturated heterocycles. The number of unbranched alkanes of at least 4 members (excludes halogenated alkanes) is 1. The summed E-state index contributed by atoms with van der Waals surface area (Å²) in [5.41, 5.74) is 2.70. The lowest BCUT2D eigenvalue weighted by Crippen LogP contribution is -1.93. The van der Waals surface area contributed by atoms with E-state index in [1.165, 1.54) is 42.6 Å². The molecule has 31 heavy (non-hydrogen) atoms. The summed E-state index contributed by atoms with van der Waals surface area (Å²) in [6.45, 7) is 4.42. The largest absolute Gasteiger partial charge is 0.495 e. The molecular weight excluding hydrogens is 440 g/mol. The average Bonchev–Trinajstić information content (AvgIpc) is 3.29. The van der Waals surface area contributed by atoms with Crippen molar-refractivity contribution in [1.29, 1.82) is 0 Å². The van der Waals surface area contributed by atoms with Gasteiger partial charge >= 0.3 is 0 Å².